The quantitative estimate of drug-likeness (QED) is 0.844. The molecule has 0 bridgehead atoms. The second kappa shape index (κ2) is 7.31. The van der Waals surface area contributed by atoms with Crippen molar-refractivity contribution in [2.24, 2.45) is 5.92 Å². The number of carbonyl (C=O) groups excluding carboxylic acids is 2. The molecule has 2 rings (SSSR count). The number of amides is 2. The lowest BCUT2D eigenvalue weighted by Crippen LogP contribution is -2.45. The molecule has 0 aliphatic heterocycles. The number of hydrogen-bond donors (Lipinski definition) is 2. The minimum atomic E-state index is -0.423. The highest BCUT2D eigenvalue weighted by Crippen LogP contribution is 2.24. The molecule has 1 aliphatic carbocycles. The molecule has 1 saturated carbocycles. The number of rotatable bonds is 3. The summed E-state index contributed by atoms with van der Waals surface area (Å²) in [6.45, 7) is 0. The molecule has 6 heteroatoms. The molecular formula is C15H19ClN2O3. The maximum Gasteiger partial charge on any atom is 0.273 e. The molecule has 21 heavy (non-hydrogen) atoms. The molecule has 0 aromatic heterocycles. The Bertz CT molecular complexity index is 528. The molecule has 0 saturated heterocycles. The standard InChI is InChI=1S/C15H19ClN2O3/c1-21-13-9-11(16)7-8-12(13)15(20)18-17-14(19)10-5-3-2-4-6-10/h7-10H,2-6H2,1H3,(H,17,19)(H,18,20). The van der Waals surface area contributed by atoms with Gasteiger partial charge in [0.1, 0.15) is 5.75 Å². The zero-order chi connectivity index (χ0) is 15.2. The van der Waals surface area contributed by atoms with Gasteiger partial charge in [0, 0.05) is 10.9 Å². The van der Waals surface area contributed by atoms with Crippen LogP contribution in [-0.4, -0.2) is 18.9 Å². The first-order chi connectivity index (χ1) is 10.1. The maximum atomic E-state index is 12.1. The number of nitrogens with one attached hydrogen (secondary N) is 2. The van der Waals surface area contributed by atoms with Gasteiger partial charge >= 0.3 is 0 Å². The minimum absolute atomic E-state index is 0.00818. The maximum absolute atomic E-state index is 12.1. The van der Waals surface area contributed by atoms with E-state index < -0.39 is 5.91 Å². The lowest BCUT2D eigenvalue weighted by atomic mass is 9.89. The number of methoxy groups -OCH3 is 1. The van der Waals surface area contributed by atoms with Crippen LogP contribution in [0.5, 0.6) is 5.75 Å². The Labute approximate surface area is 129 Å². The Morgan fingerprint density at radius 1 is 1.19 bits per heavy atom. The van der Waals surface area contributed by atoms with Crippen LogP contribution in [0.3, 0.4) is 0 Å². The molecular weight excluding hydrogens is 292 g/mol. The normalized spacial score (nSPS) is 15.3. The van der Waals surface area contributed by atoms with Gasteiger partial charge in [0.2, 0.25) is 5.91 Å². The molecule has 1 aromatic rings. The van der Waals surface area contributed by atoms with Crippen molar-refractivity contribution in [2.45, 2.75) is 32.1 Å². The first-order valence-corrected chi connectivity index (χ1v) is 7.43. The van der Waals surface area contributed by atoms with Gasteiger partial charge < -0.3 is 4.74 Å². The second-order valence-electron chi connectivity index (χ2n) is 5.12. The highest BCUT2D eigenvalue weighted by molar-refractivity contribution is 6.30. The average Bonchev–Trinajstić information content (AvgIpc) is 2.52. The summed E-state index contributed by atoms with van der Waals surface area (Å²) in [5.41, 5.74) is 5.24. The molecule has 1 aliphatic rings. The third-order valence-corrected chi connectivity index (χ3v) is 3.92. The molecule has 2 N–H and O–H groups in total. The summed E-state index contributed by atoms with van der Waals surface area (Å²) in [7, 11) is 1.46. The SMILES string of the molecule is COc1cc(Cl)ccc1C(=O)NNC(=O)C1CCCCC1. The number of halogens is 1. The van der Waals surface area contributed by atoms with E-state index in [2.05, 4.69) is 10.9 Å². The van der Waals surface area contributed by atoms with Gasteiger partial charge in [-0.1, -0.05) is 30.9 Å². The molecule has 114 valence electrons. The molecule has 0 radical (unpaired) electrons. The van der Waals surface area contributed by atoms with Crippen molar-refractivity contribution in [3.63, 3.8) is 0 Å². The Morgan fingerprint density at radius 2 is 1.90 bits per heavy atom. The summed E-state index contributed by atoms with van der Waals surface area (Å²) in [6, 6.07) is 4.71. The lowest BCUT2D eigenvalue weighted by Gasteiger charge is -2.21. The van der Waals surface area contributed by atoms with E-state index in [1.54, 1.807) is 18.2 Å². The Kier molecular flexibility index (Phi) is 5.44. The minimum Gasteiger partial charge on any atom is -0.496 e. The van der Waals surface area contributed by atoms with E-state index in [-0.39, 0.29) is 11.8 Å². The fourth-order valence-corrected chi connectivity index (χ4v) is 2.67. The van der Waals surface area contributed by atoms with Crippen molar-refractivity contribution < 1.29 is 14.3 Å². The number of benzene rings is 1. The van der Waals surface area contributed by atoms with Crippen molar-refractivity contribution in [1.82, 2.24) is 10.9 Å². The highest BCUT2D eigenvalue weighted by Gasteiger charge is 2.22. The van der Waals surface area contributed by atoms with Crippen molar-refractivity contribution in [3.8, 4) is 5.75 Å². The summed E-state index contributed by atoms with van der Waals surface area (Å²) in [5.74, 6) is -0.193. The Morgan fingerprint density at radius 3 is 2.57 bits per heavy atom. The third kappa shape index (κ3) is 4.11. The zero-order valence-corrected chi connectivity index (χ0v) is 12.7. The fourth-order valence-electron chi connectivity index (χ4n) is 2.51. The first-order valence-electron chi connectivity index (χ1n) is 7.05. The summed E-state index contributed by atoms with van der Waals surface area (Å²) in [6.07, 6.45) is 5.07. The lowest BCUT2D eigenvalue weighted by molar-refractivity contribution is -0.126. The van der Waals surface area contributed by atoms with Crippen molar-refractivity contribution in [3.05, 3.63) is 28.8 Å². The van der Waals surface area contributed by atoms with E-state index in [1.165, 1.54) is 13.5 Å². The third-order valence-electron chi connectivity index (χ3n) is 3.68. The van der Waals surface area contributed by atoms with Gasteiger partial charge in [-0.3, -0.25) is 20.4 Å². The first kappa shape index (κ1) is 15.6. The van der Waals surface area contributed by atoms with E-state index in [9.17, 15) is 9.59 Å². The molecule has 5 nitrogen and oxygen atoms in total. The van der Waals surface area contributed by atoms with E-state index >= 15 is 0 Å². The van der Waals surface area contributed by atoms with E-state index in [0.717, 1.165) is 25.7 Å². The van der Waals surface area contributed by atoms with Gasteiger partial charge in [-0.25, -0.2) is 0 Å². The fraction of sp³-hybridized carbons (Fsp3) is 0.467. The van der Waals surface area contributed by atoms with Gasteiger partial charge in [0.15, 0.2) is 0 Å². The van der Waals surface area contributed by atoms with Gasteiger partial charge in [-0.05, 0) is 31.0 Å². The van der Waals surface area contributed by atoms with Crippen molar-refractivity contribution in [1.29, 1.82) is 0 Å². The van der Waals surface area contributed by atoms with Crippen molar-refractivity contribution >= 4 is 23.4 Å². The van der Waals surface area contributed by atoms with Crippen LogP contribution in [0.2, 0.25) is 5.02 Å². The molecule has 2 amide bonds. The average molecular weight is 311 g/mol. The van der Waals surface area contributed by atoms with Crippen LogP contribution in [-0.2, 0) is 4.79 Å². The molecule has 1 aromatic carbocycles. The summed E-state index contributed by atoms with van der Waals surface area (Å²) in [4.78, 5) is 24.0. The van der Waals surface area contributed by atoms with Gasteiger partial charge in [0.25, 0.3) is 5.91 Å². The predicted molar refractivity (Wildman–Crippen MR) is 80.2 cm³/mol. The van der Waals surface area contributed by atoms with Crippen LogP contribution in [0, 0.1) is 5.92 Å². The van der Waals surface area contributed by atoms with E-state index in [1.807, 2.05) is 0 Å². The van der Waals surface area contributed by atoms with E-state index in [4.69, 9.17) is 16.3 Å². The highest BCUT2D eigenvalue weighted by atomic mass is 35.5. The number of hydrazine groups is 1. The molecule has 0 unspecified atom stereocenters. The number of carbonyl (C=O) groups is 2. The van der Waals surface area contributed by atoms with Gasteiger partial charge in [-0.15, -0.1) is 0 Å². The summed E-state index contributed by atoms with van der Waals surface area (Å²) < 4.78 is 5.11. The number of ether oxygens (including phenoxy) is 1. The Hall–Kier alpha value is -1.75. The van der Waals surface area contributed by atoms with Crippen LogP contribution in [0.25, 0.3) is 0 Å². The molecule has 0 spiro atoms. The summed E-state index contributed by atoms with van der Waals surface area (Å²) in [5, 5.41) is 0.481. The Balaban J connectivity index is 1.93. The second-order valence-corrected chi connectivity index (χ2v) is 5.56. The van der Waals surface area contributed by atoms with Crippen LogP contribution in [0.4, 0.5) is 0 Å². The molecule has 0 atom stereocenters. The zero-order valence-electron chi connectivity index (χ0n) is 11.9. The van der Waals surface area contributed by atoms with Crippen molar-refractivity contribution in [2.75, 3.05) is 7.11 Å². The van der Waals surface area contributed by atoms with Crippen LogP contribution < -0.4 is 15.6 Å². The smallest absolute Gasteiger partial charge is 0.273 e. The largest absolute Gasteiger partial charge is 0.496 e. The summed E-state index contributed by atoms with van der Waals surface area (Å²) >= 11 is 5.85. The topological polar surface area (TPSA) is 67.4 Å². The van der Waals surface area contributed by atoms with E-state index in [0.29, 0.717) is 16.3 Å². The predicted octanol–water partition coefficient (Wildman–Crippen LogP) is 2.69. The molecule has 1 fully saturated rings. The van der Waals surface area contributed by atoms with Crippen LogP contribution in [0.1, 0.15) is 42.5 Å². The monoisotopic (exact) mass is 310 g/mol. The van der Waals surface area contributed by atoms with Crippen LogP contribution in [0.15, 0.2) is 18.2 Å². The van der Waals surface area contributed by atoms with Crippen LogP contribution >= 0.6 is 11.6 Å². The van der Waals surface area contributed by atoms with Gasteiger partial charge in [-0.2, -0.15) is 0 Å². The van der Waals surface area contributed by atoms with Gasteiger partial charge in [0.05, 0.1) is 12.7 Å². The number of hydrogen-bond acceptors (Lipinski definition) is 3. The molecule has 0 heterocycles.